The fourth-order valence-electron chi connectivity index (χ4n) is 3.55. The Hall–Kier alpha value is -2.63. The van der Waals surface area contributed by atoms with E-state index >= 15 is 0 Å². The third-order valence-electron chi connectivity index (χ3n) is 5.10. The molecule has 0 bridgehead atoms. The first-order valence-electron chi connectivity index (χ1n) is 10.2. The summed E-state index contributed by atoms with van der Waals surface area (Å²) in [5, 5.41) is 0. The number of aromatic nitrogens is 1. The Morgan fingerprint density at radius 2 is 2.07 bits per heavy atom. The molecular formula is C23H29FN2O3. The van der Waals surface area contributed by atoms with E-state index in [-0.39, 0.29) is 24.5 Å². The van der Waals surface area contributed by atoms with E-state index in [0.29, 0.717) is 25.3 Å². The smallest absolute Gasteiger partial charge is 0.213 e. The molecule has 29 heavy (non-hydrogen) atoms. The Morgan fingerprint density at radius 1 is 1.28 bits per heavy atom. The van der Waals surface area contributed by atoms with Gasteiger partial charge < -0.3 is 19.2 Å². The molecule has 3 rings (SSSR count). The van der Waals surface area contributed by atoms with Crippen molar-refractivity contribution in [2.24, 2.45) is 0 Å². The van der Waals surface area contributed by atoms with Gasteiger partial charge in [-0.25, -0.2) is 4.98 Å². The lowest BCUT2D eigenvalue weighted by Gasteiger charge is -2.19. The molecule has 0 spiro atoms. The molecule has 0 amide bonds. The van der Waals surface area contributed by atoms with Gasteiger partial charge in [0.15, 0.2) is 0 Å². The molecule has 0 N–H and O–H groups in total. The molecule has 1 aromatic carbocycles. The minimum atomic E-state index is -0.382. The van der Waals surface area contributed by atoms with Gasteiger partial charge in [0.05, 0.1) is 31.7 Å². The summed E-state index contributed by atoms with van der Waals surface area (Å²) in [6.45, 7) is 5.36. The highest BCUT2D eigenvalue weighted by atomic mass is 19.1. The molecule has 2 heterocycles. The largest absolute Gasteiger partial charge is 0.489 e. The zero-order chi connectivity index (χ0) is 20.6. The third-order valence-corrected chi connectivity index (χ3v) is 5.10. The maximum atomic E-state index is 12.1. The van der Waals surface area contributed by atoms with Crippen molar-refractivity contribution in [3.8, 4) is 11.6 Å². The lowest BCUT2D eigenvalue weighted by atomic mass is 9.96. The van der Waals surface area contributed by atoms with E-state index < -0.39 is 0 Å². The molecule has 0 radical (unpaired) electrons. The first kappa shape index (κ1) is 21.1. The molecule has 6 heteroatoms. The minimum Gasteiger partial charge on any atom is -0.489 e. The zero-order valence-corrected chi connectivity index (χ0v) is 17.1. The van der Waals surface area contributed by atoms with Crippen LogP contribution in [0.3, 0.4) is 0 Å². The van der Waals surface area contributed by atoms with Crippen LogP contribution in [0.4, 0.5) is 10.1 Å². The number of hydrogen-bond donors (Lipinski definition) is 0. The van der Waals surface area contributed by atoms with Crippen LogP contribution in [0.25, 0.3) is 0 Å². The highest BCUT2D eigenvalue weighted by Crippen LogP contribution is 2.26. The maximum Gasteiger partial charge on any atom is 0.213 e. The van der Waals surface area contributed by atoms with Gasteiger partial charge in [-0.2, -0.15) is 0 Å². The molecule has 0 aliphatic carbocycles. The molecular weight excluding hydrogens is 371 g/mol. The van der Waals surface area contributed by atoms with Crippen molar-refractivity contribution >= 4 is 11.5 Å². The fourth-order valence-corrected chi connectivity index (χ4v) is 3.55. The number of Topliss-reactive ketones (excluding diaryl/α,β-unsaturated/α-hetero) is 1. The van der Waals surface area contributed by atoms with Crippen LogP contribution < -0.4 is 14.4 Å². The van der Waals surface area contributed by atoms with E-state index in [9.17, 15) is 9.18 Å². The normalized spacial score (nSPS) is 17.2. The third kappa shape index (κ3) is 6.17. The van der Waals surface area contributed by atoms with Crippen LogP contribution in [-0.4, -0.2) is 43.2 Å². The van der Waals surface area contributed by atoms with Crippen LogP contribution >= 0.6 is 0 Å². The van der Waals surface area contributed by atoms with Crippen LogP contribution in [0.2, 0.25) is 0 Å². The predicted octanol–water partition coefficient (Wildman–Crippen LogP) is 4.56. The minimum absolute atomic E-state index is 0.121. The number of halogens is 1. The second-order valence-corrected chi connectivity index (χ2v) is 7.60. The number of alkyl halides is 1. The summed E-state index contributed by atoms with van der Waals surface area (Å²) in [7, 11) is 0. The molecule has 5 nitrogen and oxygen atoms in total. The van der Waals surface area contributed by atoms with Crippen LogP contribution in [0.1, 0.15) is 44.6 Å². The van der Waals surface area contributed by atoms with Gasteiger partial charge in [-0.3, -0.25) is 4.39 Å². The number of benzene rings is 1. The van der Waals surface area contributed by atoms with E-state index in [1.165, 1.54) is 0 Å². The number of rotatable bonds is 10. The number of carbonyl (C=O) groups excluding carboxylic acids is 1. The SMILES string of the molecule is CC(=O)C[C@@H](C)c1ccc(OC2CCN(c3ccc(OCCCF)nc3)C2)cc1. The summed E-state index contributed by atoms with van der Waals surface area (Å²) < 4.78 is 23.7. The molecule has 156 valence electrons. The molecule has 2 aromatic rings. The molecule has 1 aromatic heterocycles. The molecule has 1 aliphatic rings. The Kier molecular flexibility index (Phi) is 7.44. The summed E-state index contributed by atoms with van der Waals surface area (Å²) in [6, 6.07) is 11.9. The van der Waals surface area contributed by atoms with Gasteiger partial charge in [-0.05, 0) is 36.6 Å². The summed E-state index contributed by atoms with van der Waals surface area (Å²) in [4.78, 5) is 17.8. The highest BCUT2D eigenvalue weighted by Gasteiger charge is 2.24. The van der Waals surface area contributed by atoms with Crippen molar-refractivity contribution in [3.05, 3.63) is 48.2 Å². The van der Waals surface area contributed by atoms with Crippen LogP contribution in [-0.2, 0) is 4.79 Å². The Labute approximate surface area is 171 Å². The number of carbonyl (C=O) groups is 1. The summed E-state index contributed by atoms with van der Waals surface area (Å²) >= 11 is 0. The molecule has 1 aliphatic heterocycles. The van der Waals surface area contributed by atoms with E-state index in [4.69, 9.17) is 9.47 Å². The summed E-state index contributed by atoms with van der Waals surface area (Å²) in [5.74, 6) is 1.80. The number of hydrogen-bond acceptors (Lipinski definition) is 5. The van der Waals surface area contributed by atoms with Gasteiger partial charge in [-0.1, -0.05) is 19.1 Å². The van der Waals surface area contributed by atoms with Crippen molar-refractivity contribution in [2.75, 3.05) is 31.3 Å². The predicted molar refractivity (Wildman–Crippen MR) is 112 cm³/mol. The van der Waals surface area contributed by atoms with Gasteiger partial charge in [0, 0.05) is 31.9 Å². The number of ether oxygens (including phenoxy) is 2. The lowest BCUT2D eigenvalue weighted by Crippen LogP contribution is -2.24. The van der Waals surface area contributed by atoms with Gasteiger partial charge in [0.25, 0.3) is 0 Å². The quantitative estimate of drug-likeness (QED) is 0.547. The second-order valence-electron chi connectivity index (χ2n) is 7.60. The molecule has 1 saturated heterocycles. The molecule has 1 unspecified atom stereocenters. The Bertz CT molecular complexity index is 780. The van der Waals surface area contributed by atoms with E-state index in [0.717, 1.165) is 36.5 Å². The van der Waals surface area contributed by atoms with Crippen molar-refractivity contribution < 1.29 is 18.7 Å². The Morgan fingerprint density at radius 3 is 2.72 bits per heavy atom. The topological polar surface area (TPSA) is 51.7 Å². The molecule has 2 atom stereocenters. The standard InChI is InChI=1S/C23H29FN2O3/c1-17(14-18(2)27)19-4-7-21(8-5-19)29-22-10-12-26(16-22)20-6-9-23(25-15-20)28-13-3-11-24/h4-9,15,17,22H,3,10-14,16H2,1-2H3/t17-,22?/m1/s1. The van der Waals surface area contributed by atoms with Crippen molar-refractivity contribution in [1.29, 1.82) is 0 Å². The van der Waals surface area contributed by atoms with Crippen LogP contribution in [0.15, 0.2) is 42.6 Å². The lowest BCUT2D eigenvalue weighted by molar-refractivity contribution is -0.117. The monoisotopic (exact) mass is 400 g/mol. The number of anilines is 1. The van der Waals surface area contributed by atoms with Crippen LogP contribution in [0.5, 0.6) is 11.6 Å². The van der Waals surface area contributed by atoms with Crippen LogP contribution in [0, 0.1) is 0 Å². The summed E-state index contributed by atoms with van der Waals surface area (Å²) in [6.07, 6.45) is 3.79. The second kappa shape index (κ2) is 10.2. The average molecular weight is 400 g/mol. The summed E-state index contributed by atoms with van der Waals surface area (Å²) in [5.41, 5.74) is 2.18. The van der Waals surface area contributed by atoms with Gasteiger partial charge >= 0.3 is 0 Å². The van der Waals surface area contributed by atoms with E-state index in [1.54, 1.807) is 13.1 Å². The van der Waals surface area contributed by atoms with Gasteiger partial charge in [0.1, 0.15) is 17.6 Å². The molecule has 0 saturated carbocycles. The maximum absolute atomic E-state index is 12.1. The van der Waals surface area contributed by atoms with Crippen molar-refractivity contribution in [1.82, 2.24) is 4.98 Å². The number of pyridine rings is 1. The Balaban J connectivity index is 1.50. The fraction of sp³-hybridized carbons (Fsp3) is 0.478. The van der Waals surface area contributed by atoms with E-state index in [1.807, 2.05) is 36.4 Å². The highest BCUT2D eigenvalue weighted by molar-refractivity contribution is 5.76. The number of ketones is 1. The number of nitrogens with zero attached hydrogens (tertiary/aromatic N) is 2. The first-order chi connectivity index (χ1) is 14.0. The van der Waals surface area contributed by atoms with E-state index in [2.05, 4.69) is 16.8 Å². The average Bonchev–Trinajstić information content (AvgIpc) is 3.17. The zero-order valence-electron chi connectivity index (χ0n) is 17.1. The van der Waals surface area contributed by atoms with Crippen molar-refractivity contribution in [3.63, 3.8) is 0 Å². The van der Waals surface area contributed by atoms with Gasteiger partial charge in [0.2, 0.25) is 5.88 Å². The van der Waals surface area contributed by atoms with Crippen molar-refractivity contribution in [2.45, 2.75) is 45.1 Å². The first-order valence-corrected chi connectivity index (χ1v) is 10.2. The molecule has 1 fully saturated rings. The van der Waals surface area contributed by atoms with Gasteiger partial charge in [-0.15, -0.1) is 0 Å².